The van der Waals surface area contributed by atoms with E-state index >= 15 is 0 Å². The lowest BCUT2D eigenvalue weighted by Crippen LogP contribution is -2.04. The quantitative estimate of drug-likeness (QED) is 0.727. The fraction of sp³-hybridized carbons (Fsp3) is 0.0625. The molecule has 0 fully saturated rings. The Hall–Kier alpha value is -2.62. The highest BCUT2D eigenvalue weighted by molar-refractivity contribution is 5.82. The minimum absolute atomic E-state index is 0.121. The van der Waals surface area contributed by atoms with Gasteiger partial charge in [-0.05, 0) is 17.7 Å². The fourth-order valence-corrected chi connectivity index (χ4v) is 2.08. The summed E-state index contributed by atoms with van der Waals surface area (Å²) in [6, 6.07) is 13.9. The van der Waals surface area contributed by atoms with Crippen molar-refractivity contribution in [1.82, 2.24) is 0 Å². The Morgan fingerprint density at radius 3 is 2.65 bits per heavy atom. The van der Waals surface area contributed by atoms with E-state index in [9.17, 15) is 9.18 Å². The second-order valence-electron chi connectivity index (χ2n) is 4.26. The van der Waals surface area contributed by atoms with Crippen molar-refractivity contribution in [2.24, 2.45) is 0 Å². The first-order chi connectivity index (χ1) is 9.79. The predicted octanol–water partition coefficient (Wildman–Crippen LogP) is 3.77. The lowest BCUT2D eigenvalue weighted by Gasteiger charge is -2.04. The SMILES string of the molecule is O=c1c(-c2ccccc2)coc2cc(OCF)ccc12. The van der Waals surface area contributed by atoms with Crippen LogP contribution in [0.3, 0.4) is 0 Å². The Balaban J connectivity index is 2.17. The van der Waals surface area contributed by atoms with Gasteiger partial charge in [0.1, 0.15) is 17.6 Å². The molecule has 0 N–H and O–H groups in total. The Labute approximate surface area is 114 Å². The molecule has 0 aliphatic heterocycles. The van der Waals surface area contributed by atoms with Gasteiger partial charge in [0.25, 0.3) is 0 Å². The molecule has 1 heterocycles. The summed E-state index contributed by atoms with van der Waals surface area (Å²) in [5.41, 5.74) is 1.55. The van der Waals surface area contributed by atoms with Crippen LogP contribution in [-0.2, 0) is 0 Å². The van der Waals surface area contributed by atoms with E-state index < -0.39 is 6.86 Å². The Bertz CT molecular complexity index is 794. The van der Waals surface area contributed by atoms with E-state index in [0.29, 0.717) is 22.3 Å². The van der Waals surface area contributed by atoms with Gasteiger partial charge in [-0.2, -0.15) is 0 Å². The molecular weight excluding hydrogens is 259 g/mol. The summed E-state index contributed by atoms with van der Waals surface area (Å²) in [5.74, 6) is 0.329. The van der Waals surface area contributed by atoms with Crippen LogP contribution in [0.15, 0.2) is 64.0 Å². The molecule has 0 unspecified atom stereocenters. The highest BCUT2D eigenvalue weighted by atomic mass is 19.1. The van der Waals surface area contributed by atoms with Crippen molar-refractivity contribution in [3.8, 4) is 16.9 Å². The van der Waals surface area contributed by atoms with E-state index in [1.165, 1.54) is 12.3 Å². The number of ether oxygens (including phenoxy) is 1. The zero-order chi connectivity index (χ0) is 13.9. The van der Waals surface area contributed by atoms with Gasteiger partial charge in [-0.3, -0.25) is 4.79 Å². The molecule has 0 bridgehead atoms. The summed E-state index contributed by atoms with van der Waals surface area (Å²) in [5, 5.41) is 0.442. The maximum absolute atomic E-state index is 12.4. The molecule has 3 aromatic rings. The second-order valence-corrected chi connectivity index (χ2v) is 4.26. The van der Waals surface area contributed by atoms with Crippen LogP contribution in [0.25, 0.3) is 22.1 Å². The molecule has 4 heteroatoms. The summed E-state index contributed by atoms with van der Waals surface area (Å²) >= 11 is 0. The average Bonchev–Trinajstić information content (AvgIpc) is 2.49. The summed E-state index contributed by atoms with van der Waals surface area (Å²) in [7, 11) is 0. The number of benzene rings is 2. The highest BCUT2D eigenvalue weighted by Gasteiger charge is 2.09. The van der Waals surface area contributed by atoms with Gasteiger partial charge in [-0.25, -0.2) is 4.39 Å². The molecule has 0 atom stereocenters. The molecule has 20 heavy (non-hydrogen) atoms. The van der Waals surface area contributed by atoms with Gasteiger partial charge in [0.15, 0.2) is 5.43 Å². The molecule has 0 aliphatic carbocycles. The topological polar surface area (TPSA) is 39.4 Å². The van der Waals surface area contributed by atoms with Gasteiger partial charge in [-0.15, -0.1) is 0 Å². The third-order valence-corrected chi connectivity index (χ3v) is 3.05. The van der Waals surface area contributed by atoms with E-state index in [1.54, 1.807) is 12.1 Å². The molecule has 2 aromatic carbocycles. The van der Waals surface area contributed by atoms with Gasteiger partial charge in [-0.1, -0.05) is 30.3 Å². The van der Waals surface area contributed by atoms with Crippen molar-refractivity contribution in [3.05, 3.63) is 65.0 Å². The van der Waals surface area contributed by atoms with E-state index in [-0.39, 0.29) is 5.43 Å². The van der Waals surface area contributed by atoms with Gasteiger partial charge >= 0.3 is 0 Å². The molecule has 0 amide bonds. The smallest absolute Gasteiger partial charge is 0.228 e. The second kappa shape index (κ2) is 5.17. The molecule has 1 aromatic heterocycles. The third kappa shape index (κ3) is 2.16. The normalized spacial score (nSPS) is 10.7. The van der Waals surface area contributed by atoms with Crippen LogP contribution in [0.1, 0.15) is 0 Å². The molecular formula is C16H11FO3. The highest BCUT2D eigenvalue weighted by Crippen LogP contribution is 2.22. The van der Waals surface area contributed by atoms with E-state index in [2.05, 4.69) is 0 Å². The number of halogens is 1. The summed E-state index contributed by atoms with van der Waals surface area (Å²) in [6.07, 6.45) is 1.42. The Morgan fingerprint density at radius 1 is 1.10 bits per heavy atom. The number of fused-ring (bicyclic) bond motifs is 1. The van der Waals surface area contributed by atoms with Gasteiger partial charge in [0.05, 0.1) is 10.9 Å². The Morgan fingerprint density at radius 2 is 1.90 bits per heavy atom. The molecule has 3 rings (SSSR count). The van der Waals surface area contributed by atoms with Crippen molar-refractivity contribution in [3.63, 3.8) is 0 Å². The molecule has 0 saturated heterocycles. The fourth-order valence-electron chi connectivity index (χ4n) is 2.08. The molecule has 100 valence electrons. The number of rotatable bonds is 3. The average molecular weight is 270 g/mol. The molecule has 0 radical (unpaired) electrons. The first-order valence-electron chi connectivity index (χ1n) is 6.09. The van der Waals surface area contributed by atoms with E-state index in [1.807, 2.05) is 30.3 Å². The first kappa shape index (κ1) is 12.4. The largest absolute Gasteiger partial charge is 0.463 e. The third-order valence-electron chi connectivity index (χ3n) is 3.05. The summed E-state index contributed by atoms with van der Waals surface area (Å²) in [6.45, 7) is -0.919. The predicted molar refractivity (Wildman–Crippen MR) is 74.5 cm³/mol. The maximum Gasteiger partial charge on any atom is 0.228 e. The van der Waals surface area contributed by atoms with Crippen LogP contribution in [0.4, 0.5) is 4.39 Å². The van der Waals surface area contributed by atoms with E-state index in [0.717, 1.165) is 5.56 Å². The molecule has 0 aliphatic rings. The van der Waals surface area contributed by atoms with Crippen LogP contribution in [0.5, 0.6) is 5.75 Å². The van der Waals surface area contributed by atoms with Crippen molar-refractivity contribution < 1.29 is 13.5 Å². The molecule has 3 nitrogen and oxygen atoms in total. The number of hydrogen-bond donors (Lipinski definition) is 0. The van der Waals surface area contributed by atoms with Crippen molar-refractivity contribution >= 4 is 11.0 Å². The van der Waals surface area contributed by atoms with Gasteiger partial charge < -0.3 is 9.15 Å². The summed E-state index contributed by atoms with van der Waals surface area (Å²) in [4.78, 5) is 12.4. The standard InChI is InChI=1S/C16H11FO3/c17-10-20-12-6-7-13-15(8-12)19-9-14(16(13)18)11-4-2-1-3-5-11/h1-9H,10H2. The van der Waals surface area contributed by atoms with Crippen molar-refractivity contribution in [1.29, 1.82) is 0 Å². The minimum atomic E-state index is -0.919. The van der Waals surface area contributed by atoms with Gasteiger partial charge in [0, 0.05) is 6.07 Å². The number of alkyl halides is 1. The van der Waals surface area contributed by atoms with Crippen LogP contribution < -0.4 is 10.2 Å². The number of hydrogen-bond acceptors (Lipinski definition) is 3. The molecule has 0 spiro atoms. The van der Waals surface area contributed by atoms with Crippen LogP contribution in [0, 0.1) is 0 Å². The van der Waals surface area contributed by atoms with Crippen LogP contribution in [-0.4, -0.2) is 6.86 Å². The van der Waals surface area contributed by atoms with Crippen LogP contribution in [0.2, 0.25) is 0 Å². The summed E-state index contributed by atoms with van der Waals surface area (Å²) < 4.78 is 22.3. The van der Waals surface area contributed by atoms with Crippen molar-refractivity contribution in [2.45, 2.75) is 0 Å². The van der Waals surface area contributed by atoms with Crippen LogP contribution >= 0.6 is 0 Å². The minimum Gasteiger partial charge on any atom is -0.463 e. The lowest BCUT2D eigenvalue weighted by atomic mass is 10.1. The lowest BCUT2D eigenvalue weighted by molar-refractivity contribution is 0.192. The monoisotopic (exact) mass is 270 g/mol. The zero-order valence-corrected chi connectivity index (χ0v) is 10.5. The first-order valence-corrected chi connectivity index (χ1v) is 6.09. The maximum atomic E-state index is 12.4. The van der Waals surface area contributed by atoms with E-state index in [4.69, 9.17) is 9.15 Å². The van der Waals surface area contributed by atoms with Crippen molar-refractivity contribution in [2.75, 3.05) is 6.86 Å². The zero-order valence-electron chi connectivity index (χ0n) is 10.5. The Kier molecular flexibility index (Phi) is 3.21. The molecule has 0 saturated carbocycles. The van der Waals surface area contributed by atoms with Gasteiger partial charge in [0.2, 0.25) is 6.86 Å².